The summed E-state index contributed by atoms with van der Waals surface area (Å²) in [5.41, 5.74) is 0. The minimum Gasteiger partial charge on any atom is -0.481 e. The first-order valence-corrected chi connectivity index (χ1v) is 6.33. The normalized spacial score (nSPS) is 14.9. The molecule has 0 aliphatic rings. The third kappa shape index (κ3) is 3.29. The lowest BCUT2D eigenvalue weighted by Crippen LogP contribution is -2.21. The molecule has 0 spiro atoms. The van der Waals surface area contributed by atoms with Crippen LogP contribution in [-0.4, -0.2) is 16.2 Å². The molecule has 1 aromatic rings. The van der Waals surface area contributed by atoms with Crippen LogP contribution in [0.3, 0.4) is 0 Å². The van der Waals surface area contributed by atoms with E-state index >= 15 is 0 Å². The van der Waals surface area contributed by atoms with Gasteiger partial charge >= 0.3 is 5.97 Å². The summed E-state index contributed by atoms with van der Waals surface area (Å²) in [5.74, 6) is -1.64. The molecule has 0 aromatic carbocycles. The van der Waals surface area contributed by atoms with Crippen molar-refractivity contribution in [2.75, 3.05) is 0 Å². The van der Waals surface area contributed by atoms with Gasteiger partial charge in [0.25, 0.3) is 0 Å². The monoisotopic (exact) mass is 292 g/mol. The van der Waals surface area contributed by atoms with Crippen molar-refractivity contribution in [3.63, 3.8) is 0 Å². The Labute approximate surface area is 101 Å². The lowest BCUT2D eigenvalue weighted by Gasteiger charge is -2.16. The maximum atomic E-state index is 10.9. The van der Waals surface area contributed by atoms with Gasteiger partial charge < -0.3 is 10.2 Å². The molecule has 0 bridgehead atoms. The topological polar surface area (TPSA) is 57.5 Å². The third-order valence-corrected chi connectivity index (χ3v) is 3.88. The highest BCUT2D eigenvalue weighted by molar-refractivity contribution is 9.11. The summed E-state index contributed by atoms with van der Waals surface area (Å²) in [5, 5.41) is 18.9. The number of aliphatic hydroxyl groups is 1. The zero-order valence-electron chi connectivity index (χ0n) is 8.31. The van der Waals surface area contributed by atoms with Crippen LogP contribution in [0, 0.1) is 5.92 Å². The molecule has 1 aromatic heterocycles. The van der Waals surface area contributed by atoms with Crippen LogP contribution >= 0.6 is 27.3 Å². The van der Waals surface area contributed by atoms with Crippen LogP contribution in [0.25, 0.3) is 0 Å². The summed E-state index contributed by atoms with van der Waals surface area (Å²) in [4.78, 5) is 11.6. The van der Waals surface area contributed by atoms with Gasteiger partial charge in [0.1, 0.15) is 6.10 Å². The summed E-state index contributed by atoms with van der Waals surface area (Å²) >= 11 is 4.66. The van der Waals surface area contributed by atoms with Crippen LogP contribution in [0.2, 0.25) is 0 Å². The fraction of sp³-hybridized carbons (Fsp3) is 0.500. The number of hydrogen-bond donors (Lipinski definition) is 2. The molecule has 2 N–H and O–H groups in total. The second-order valence-corrected chi connectivity index (χ2v) is 5.81. The average molecular weight is 293 g/mol. The van der Waals surface area contributed by atoms with E-state index in [0.29, 0.717) is 11.3 Å². The number of aliphatic hydroxyl groups excluding tert-OH is 1. The maximum absolute atomic E-state index is 10.9. The van der Waals surface area contributed by atoms with Crippen molar-refractivity contribution in [2.24, 2.45) is 5.92 Å². The van der Waals surface area contributed by atoms with Crippen LogP contribution in [0.15, 0.2) is 15.9 Å². The fourth-order valence-electron chi connectivity index (χ4n) is 1.41. The Morgan fingerprint density at radius 3 is 2.67 bits per heavy atom. The van der Waals surface area contributed by atoms with E-state index < -0.39 is 18.0 Å². The summed E-state index contributed by atoms with van der Waals surface area (Å²) in [6.07, 6.45) is 0.339. The Balaban J connectivity index is 2.80. The van der Waals surface area contributed by atoms with Crippen LogP contribution in [0.5, 0.6) is 0 Å². The smallest absolute Gasteiger partial charge is 0.309 e. The van der Waals surface area contributed by atoms with Crippen molar-refractivity contribution in [3.8, 4) is 0 Å². The summed E-state index contributed by atoms with van der Waals surface area (Å²) in [6.45, 7) is 1.91. The molecule has 2 unspecified atom stereocenters. The highest BCUT2D eigenvalue weighted by atomic mass is 79.9. The Morgan fingerprint density at radius 2 is 2.27 bits per heavy atom. The molecule has 0 saturated heterocycles. The van der Waals surface area contributed by atoms with Gasteiger partial charge in [0.05, 0.1) is 9.70 Å². The van der Waals surface area contributed by atoms with Crippen molar-refractivity contribution in [1.29, 1.82) is 0 Å². The van der Waals surface area contributed by atoms with Gasteiger partial charge in [-0.3, -0.25) is 4.79 Å². The van der Waals surface area contributed by atoms with E-state index in [-0.39, 0.29) is 0 Å². The molecule has 5 heteroatoms. The van der Waals surface area contributed by atoms with E-state index in [9.17, 15) is 9.90 Å². The molecule has 0 saturated carbocycles. The molecule has 0 fully saturated rings. The van der Waals surface area contributed by atoms with E-state index in [2.05, 4.69) is 15.9 Å². The van der Waals surface area contributed by atoms with E-state index in [4.69, 9.17) is 5.11 Å². The van der Waals surface area contributed by atoms with Crippen molar-refractivity contribution in [1.82, 2.24) is 0 Å². The number of halogens is 1. The number of aliphatic carboxylic acids is 1. The van der Waals surface area contributed by atoms with Crippen molar-refractivity contribution in [3.05, 3.63) is 20.8 Å². The fourth-order valence-corrected chi connectivity index (χ4v) is 2.89. The highest BCUT2D eigenvalue weighted by Crippen LogP contribution is 2.33. The Hall–Kier alpha value is -0.390. The van der Waals surface area contributed by atoms with Gasteiger partial charge in [0, 0.05) is 4.88 Å². The standard InChI is InChI=1S/C10H13BrO3S/c1-2-3-6(10(13)14)9(12)7-4-5-8(11)15-7/h4-6,9,12H,2-3H2,1H3,(H,13,14). The van der Waals surface area contributed by atoms with Crippen molar-refractivity contribution >= 4 is 33.2 Å². The first-order chi connectivity index (χ1) is 7.06. The zero-order chi connectivity index (χ0) is 11.4. The van der Waals surface area contributed by atoms with Gasteiger partial charge in [-0.1, -0.05) is 13.3 Å². The lowest BCUT2D eigenvalue weighted by atomic mass is 9.96. The first-order valence-electron chi connectivity index (χ1n) is 4.72. The Morgan fingerprint density at radius 1 is 1.60 bits per heavy atom. The largest absolute Gasteiger partial charge is 0.481 e. The second-order valence-electron chi connectivity index (χ2n) is 3.32. The van der Waals surface area contributed by atoms with Crippen LogP contribution in [0.4, 0.5) is 0 Å². The molecule has 0 aliphatic carbocycles. The molecule has 0 aliphatic heterocycles. The number of carboxylic acid groups (broad SMARTS) is 1. The van der Waals surface area contributed by atoms with Gasteiger partial charge in [0.2, 0.25) is 0 Å². The number of rotatable bonds is 5. The average Bonchev–Trinajstić information content (AvgIpc) is 2.59. The Kier molecular flexibility index (Phi) is 4.76. The third-order valence-electron chi connectivity index (χ3n) is 2.18. The van der Waals surface area contributed by atoms with Crippen molar-refractivity contribution < 1.29 is 15.0 Å². The van der Waals surface area contributed by atoms with E-state index in [1.165, 1.54) is 11.3 Å². The zero-order valence-corrected chi connectivity index (χ0v) is 10.7. The molecular formula is C10H13BrO3S. The number of hydrogen-bond acceptors (Lipinski definition) is 3. The van der Waals surface area contributed by atoms with E-state index in [1.807, 2.05) is 13.0 Å². The molecular weight excluding hydrogens is 280 g/mol. The molecule has 15 heavy (non-hydrogen) atoms. The van der Waals surface area contributed by atoms with Gasteiger partial charge in [-0.05, 0) is 34.5 Å². The Bertz CT molecular complexity index is 337. The molecule has 3 nitrogen and oxygen atoms in total. The SMILES string of the molecule is CCCC(C(=O)O)C(O)c1ccc(Br)s1. The van der Waals surface area contributed by atoms with Gasteiger partial charge in [-0.2, -0.15) is 0 Å². The molecule has 0 radical (unpaired) electrons. The van der Waals surface area contributed by atoms with E-state index in [0.717, 1.165) is 10.2 Å². The second kappa shape index (κ2) is 5.63. The quantitative estimate of drug-likeness (QED) is 0.877. The maximum Gasteiger partial charge on any atom is 0.309 e. The number of carboxylic acids is 1. The summed E-state index contributed by atoms with van der Waals surface area (Å²) in [6, 6.07) is 3.57. The summed E-state index contributed by atoms with van der Waals surface area (Å²) in [7, 11) is 0. The molecule has 1 rings (SSSR count). The molecule has 2 atom stereocenters. The lowest BCUT2D eigenvalue weighted by molar-refractivity contribution is -0.146. The first kappa shape index (κ1) is 12.7. The minimum absolute atomic E-state index is 0.492. The molecule has 0 amide bonds. The van der Waals surface area contributed by atoms with E-state index in [1.54, 1.807) is 6.07 Å². The van der Waals surface area contributed by atoms with Gasteiger partial charge in [-0.25, -0.2) is 0 Å². The number of carbonyl (C=O) groups is 1. The predicted octanol–water partition coefficient (Wildman–Crippen LogP) is 3.04. The van der Waals surface area contributed by atoms with Gasteiger partial charge in [0.15, 0.2) is 0 Å². The van der Waals surface area contributed by atoms with Crippen LogP contribution in [-0.2, 0) is 4.79 Å². The van der Waals surface area contributed by atoms with Gasteiger partial charge in [-0.15, -0.1) is 11.3 Å². The van der Waals surface area contributed by atoms with Crippen molar-refractivity contribution in [2.45, 2.75) is 25.9 Å². The van der Waals surface area contributed by atoms with Crippen LogP contribution < -0.4 is 0 Å². The predicted molar refractivity (Wildman–Crippen MR) is 63.0 cm³/mol. The molecule has 1 heterocycles. The number of thiophene rings is 1. The van der Waals surface area contributed by atoms with Crippen LogP contribution in [0.1, 0.15) is 30.7 Å². The summed E-state index contributed by atoms with van der Waals surface area (Å²) < 4.78 is 0.900. The minimum atomic E-state index is -0.936. The highest BCUT2D eigenvalue weighted by Gasteiger charge is 2.27. The molecule has 84 valence electrons.